The van der Waals surface area contributed by atoms with Gasteiger partial charge in [0.25, 0.3) is 0 Å². The molecule has 7 nitrogen and oxygen atoms in total. The first kappa shape index (κ1) is 25.1. The third kappa shape index (κ3) is 5.62. The fourth-order valence-electron chi connectivity index (χ4n) is 4.55. The van der Waals surface area contributed by atoms with E-state index in [1.165, 1.54) is 5.69 Å². The van der Waals surface area contributed by atoms with Crippen molar-refractivity contribution in [3.63, 3.8) is 0 Å². The van der Waals surface area contributed by atoms with Gasteiger partial charge in [-0.25, -0.2) is 4.98 Å². The first-order valence-corrected chi connectivity index (χ1v) is 12.3. The average molecular weight is 486 g/mol. The predicted molar refractivity (Wildman–Crippen MR) is 147 cm³/mol. The third-order valence-electron chi connectivity index (χ3n) is 6.58. The largest absolute Gasteiger partial charge is 0.497 e. The molecule has 3 heterocycles. The molecule has 1 saturated heterocycles. The molecule has 5 rings (SSSR count). The lowest BCUT2D eigenvalue weighted by Gasteiger charge is -2.29. The lowest BCUT2D eigenvalue weighted by Crippen LogP contribution is -2.33. The number of aromatic nitrogens is 2. The van der Waals surface area contributed by atoms with Crippen LogP contribution >= 0.6 is 0 Å². The van der Waals surface area contributed by atoms with Crippen molar-refractivity contribution in [2.24, 2.45) is 0 Å². The zero-order valence-electron chi connectivity index (χ0n) is 21.5. The van der Waals surface area contributed by atoms with Crippen molar-refractivity contribution >= 4 is 23.3 Å². The minimum atomic E-state index is 0.265. The predicted octanol–water partition coefficient (Wildman–Crippen LogP) is 5.14. The molecule has 0 spiro atoms. The Morgan fingerprint density at radius 1 is 1.06 bits per heavy atom. The molecular formula is C29H35N5O2. The summed E-state index contributed by atoms with van der Waals surface area (Å²) < 4.78 is 7.42. The smallest absolute Gasteiger partial charge is 0.209 e. The van der Waals surface area contributed by atoms with Crippen LogP contribution in [-0.2, 0) is 4.79 Å². The fraction of sp³-hybridized carbons (Fsp3) is 0.310. The van der Waals surface area contributed by atoms with Crippen LogP contribution in [-0.4, -0.2) is 62.0 Å². The number of anilines is 2. The van der Waals surface area contributed by atoms with Crippen molar-refractivity contribution in [2.75, 3.05) is 51.6 Å². The van der Waals surface area contributed by atoms with Gasteiger partial charge < -0.3 is 24.3 Å². The van der Waals surface area contributed by atoms with Gasteiger partial charge in [0.05, 0.1) is 18.3 Å². The number of ether oxygens (including phenoxy) is 1. The topological polar surface area (TPSA) is 62.1 Å². The summed E-state index contributed by atoms with van der Waals surface area (Å²) in [6.07, 6.45) is 5.08. The number of carbonyl (C=O) groups is 1. The molecule has 2 aromatic carbocycles. The normalized spacial score (nSPS) is 15.1. The highest BCUT2D eigenvalue weighted by Crippen LogP contribution is 2.32. The molecule has 1 aliphatic heterocycles. The quantitative estimate of drug-likeness (QED) is 0.383. The Morgan fingerprint density at radius 3 is 2.44 bits per heavy atom. The summed E-state index contributed by atoms with van der Waals surface area (Å²) in [6, 6.07) is 22.4. The Morgan fingerprint density at radius 2 is 1.81 bits per heavy atom. The van der Waals surface area contributed by atoms with Gasteiger partial charge in [0.1, 0.15) is 11.6 Å². The first-order valence-electron chi connectivity index (χ1n) is 12.3. The molecule has 1 atom stereocenters. The van der Waals surface area contributed by atoms with E-state index in [0.717, 1.165) is 66.4 Å². The SMILES string of the molecule is CNc1ccc(N(C)C)cc1.COc1ccc(-c2nc(C3CCCN(C=O)C3)n3ccccc23)cc1. The number of carbonyl (C=O) groups excluding carboxylic acids is 1. The number of benzene rings is 2. The van der Waals surface area contributed by atoms with E-state index in [1.807, 2.05) is 62.4 Å². The second-order valence-electron chi connectivity index (χ2n) is 9.13. The van der Waals surface area contributed by atoms with E-state index in [4.69, 9.17) is 9.72 Å². The molecule has 0 bridgehead atoms. The molecule has 1 fully saturated rings. The second kappa shape index (κ2) is 11.6. The number of methoxy groups -OCH3 is 1. The zero-order valence-corrected chi connectivity index (χ0v) is 21.5. The Bertz CT molecular complexity index is 1270. The lowest BCUT2D eigenvalue weighted by molar-refractivity contribution is -0.119. The van der Waals surface area contributed by atoms with E-state index in [2.05, 4.69) is 51.1 Å². The van der Waals surface area contributed by atoms with Gasteiger partial charge >= 0.3 is 0 Å². The van der Waals surface area contributed by atoms with Crippen LogP contribution in [0, 0.1) is 0 Å². The number of imidazole rings is 1. The number of hydrogen-bond acceptors (Lipinski definition) is 5. The van der Waals surface area contributed by atoms with Gasteiger partial charge in [0.2, 0.25) is 6.41 Å². The Labute approximate surface area is 213 Å². The number of likely N-dealkylation sites (tertiary alicyclic amines) is 1. The molecule has 188 valence electrons. The third-order valence-corrected chi connectivity index (χ3v) is 6.58. The van der Waals surface area contributed by atoms with E-state index in [1.54, 1.807) is 7.11 Å². The molecule has 1 N–H and O–H groups in total. The molecule has 0 aliphatic carbocycles. The van der Waals surface area contributed by atoms with Crippen LogP contribution in [0.5, 0.6) is 5.75 Å². The van der Waals surface area contributed by atoms with Crippen LogP contribution in [0.15, 0.2) is 72.9 Å². The van der Waals surface area contributed by atoms with Crippen LogP contribution in [0.1, 0.15) is 24.6 Å². The zero-order chi connectivity index (χ0) is 25.5. The number of piperidine rings is 1. The number of rotatable bonds is 6. The van der Waals surface area contributed by atoms with E-state index in [0.29, 0.717) is 0 Å². The van der Waals surface area contributed by atoms with Gasteiger partial charge in [-0.15, -0.1) is 0 Å². The number of fused-ring (bicyclic) bond motifs is 1. The fourth-order valence-corrected chi connectivity index (χ4v) is 4.55. The van der Waals surface area contributed by atoms with Gasteiger partial charge in [-0.1, -0.05) is 6.07 Å². The van der Waals surface area contributed by atoms with E-state index in [-0.39, 0.29) is 5.92 Å². The maximum atomic E-state index is 11.2. The van der Waals surface area contributed by atoms with Crippen LogP contribution in [0.2, 0.25) is 0 Å². The Kier molecular flexibility index (Phi) is 8.10. The summed E-state index contributed by atoms with van der Waals surface area (Å²) in [5.41, 5.74) is 5.51. The van der Waals surface area contributed by atoms with Crippen LogP contribution < -0.4 is 15.0 Å². The first-order chi connectivity index (χ1) is 17.5. The summed E-state index contributed by atoms with van der Waals surface area (Å²) in [7, 11) is 7.66. The number of hydrogen-bond donors (Lipinski definition) is 1. The average Bonchev–Trinajstić information content (AvgIpc) is 3.33. The summed E-state index contributed by atoms with van der Waals surface area (Å²) in [6.45, 7) is 1.58. The molecule has 36 heavy (non-hydrogen) atoms. The number of nitrogens with zero attached hydrogens (tertiary/aromatic N) is 4. The van der Waals surface area contributed by atoms with E-state index in [9.17, 15) is 4.79 Å². The van der Waals surface area contributed by atoms with Crippen molar-refractivity contribution < 1.29 is 9.53 Å². The maximum absolute atomic E-state index is 11.2. The van der Waals surface area contributed by atoms with Crippen LogP contribution in [0.25, 0.3) is 16.8 Å². The summed E-state index contributed by atoms with van der Waals surface area (Å²) in [5, 5.41) is 3.07. The highest BCUT2D eigenvalue weighted by molar-refractivity contribution is 5.78. The monoisotopic (exact) mass is 485 g/mol. The van der Waals surface area contributed by atoms with Crippen molar-refractivity contribution in [1.82, 2.24) is 14.3 Å². The van der Waals surface area contributed by atoms with Crippen molar-refractivity contribution in [3.8, 4) is 17.0 Å². The number of amides is 1. The summed E-state index contributed by atoms with van der Waals surface area (Å²) in [4.78, 5) is 20.1. The summed E-state index contributed by atoms with van der Waals surface area (Å²) in [5.74, 6) is 2.13. The van der Waals surface area contributed by atoms with E-state index < -0.39 is 0 Å². The molecule has 2 aromatic heterocycles. The van der Waals surface area contributed by atoms with Crippen molar-refractivity contribution in [3.05, 3.63) is 78.8 Å². The standard InChI is InChI=1S/C20H21N3O2.C9H14N2/c1-25-17-9-7-15(8-10-17)19-18-6-2-3-12-23(18)20(21-19)16-5-4-11-22(13-16)14-24;1-10-8-4-6-9(7-5-8)11(2)3/h2-3,6-10,12,14,16H,4-5,11,13H2,1H3;4-7,10H,1-3H3. The number of pyridine rings is 1. The van der Waals surface area contributed by atoms with Gasteiger partial charge in [0.15, 0.2) is 0 Å². The second-order valence-corrected chi connectivity index (χ2v) is 9.13. The molecule has 4 aromatic rings. The Hall–Kier alpha value is -4.00. The van der Waals surface area contributed by atoms with Gasteiger partial charge in [-0.2, -0.15) is 0 Å². The van der Waals surface area contributed by atoms with E-state index >= 15 is 0 Å². The van der Waals surface area contributed by atoms with Crippen LogP contribution in [0.3, 0.4) is 0 Å². The minimum Gasteiger partial charge on any atom is -0.497 e. The highest BCUT2D eigenvalue weighted by Gasteiger charge is 2.25. The van der Waals surface area contributed by atoms with Crippen LogP contribution in [0.4, 0.5) is 11.4 Å². The molecule has 7 heteroatoms. The van der Waals surface area contributed by atoms with Crippen molar-refractivity contribution in [2.45, 2.75) is 18.8 Å². The van der Waals surface area contributed by atoms with Gasteiger partial charge in [-0.05, 0) is 73.5 Å². The summed E-state index contributed by atoms with van der Waals surface area (Å²) >= 11 is 0. The number of nitrogens with one attached hydrogen (secondary N) is 1. The molecular weight excluding hydrogens is 450 g/mol. The Balaban J connectivity index is 0.000000233. The maximum Gasteiger partial charge on any atom is 0.209 e. The molecule has 1 unspecified atom stereocenters. The van der Waals surface area contributed by atoms with Gasteiger partial charge in [-0.3, -0.25) is 4.79 Å². The lowest BCUT2D eigenvalue weighted by atomic mass is 9.97. The molecule has 1 aliphatic rings. The molecule has 0 radical (unpaired) electrons. The van der Waals surface area contributed by atoms with Crippen molar-refractivity contribution in [1.29, 1.82) is 0 Å². The molecule has 0 saturated carbocycles. The highest BCUT2D eigenvalue weighted by atomic mass is 16.5. The minimum absolute atomic E-state index is 0.265. The van der Waals surface area contributed by atoms with Gasteiger partial charge in [0, 0.05) is 63.3 Å². The molecule has 1 amide bonds.